The second-order valence-corrected chi connectivity index (χ2v) is 6.63. The second kappa shape index (κ2) is 9.93. The molecule has 0 bridgehead atoms. The molecular weight excluding hydrogens is 325 g/mol. The number of halogens is 2. The van der Waals surface area contributed by atoms with Crippen LogP contribution in [0, 0.1) is 5.92 Å². The van der Waals surface area contributed by atoms with Crippen molar-refractivity contribution in [2.45, 2.75) is 51.1 Å². The third-order valence-electron chi connectivity index (χ3n) is 4.60. The van der Waals surface area contributed by atoms with Gasteiger partial charge in [0.15, 0.2) is 0 Å². The molecule has 7 heteroatoms. The van der Waals surface area contributed by atoms with Crippen LogP contribution in [0.25, 0.3) is 0 Å². The molecule has 1 aliphatic heterocycles. The number of hydrogen-bond acceptors (Lipinski definition) is 4. The maximum absolute atomic E-state index is 12.4. The number of amides is 1. The molecule has 0 aromatic heterocycles. The predicted octanol–water partition coefficient (Wildman–Crippen LogP) is 1.57. The topological polar surface area (TPSA) is 67.6 Å². The van der Waals surface area contributed by atoms with Crippen LogP contribution >= 0.6 is 24.8 Å². The lowest BCUT2D eigenvalue weighted by Crippen LogP contribution is -2.55. The van der Waals surface area contributed by atoms with Gasteiger partial charge < -0.3 is 15.8 Å². The fraction of sp³-hybridized carbons (Fsp3) is 0.933. The van der Waals surface area contributed by atoms with Gasteiger partial charge in [0.2, 0.25) is 5.91 Å². The Balaban J connectivity index is 0.00000220. The van der Waals surface area contributed by atoms with Crippen molar-refractivity contribution in [1.29, 1.82) is 0 Å². The van der Waals surface area contributed by atoms with Gasteiger partial charge in [0.1, 0.15) is 0 Å². The van der Waals surface area contributed by atoms with E-state index in [1.807, 2.05) is 6.92 Å². The zero-order chi connectivity index (χ0) is 14.6. The summed E-state index contributed by atoms with van der Waals surface area (Å²) in [4.78, 5) is 14.8. The Bertz CT molecular complexity index is 337. The highest BCUT2D eigenvalue weighted by Crippen LogP contribution is 2.31. The van der Waals surface area contributed by atoms with Crippen molar-refractivity contribution in [3.05, 3.63) is 0 Å². The van der Waals surface area contributed by atoms with Gasteiger partial charge in [0.05, 0.1) is 19.1 Å². The average molecular weight is 356 g/mol. The molecule has 2 aliphatic rings. The molecule has 3 N–H and O–H groups in total. The molecule has 0 radical (unpaired) electrons. The number of carbonyl (C=O) groups excluding carboxylic acids is 1. The Labute approximate surface area is 146 Å². The van der Waals surface area contributed by atoms with Crippen molar-refractivity contribution in [3.63, 3.8) is 0 Å². The van der Waals surface area contributed by atoms with Gasteiger partial charge in [-0.15, -0.1) is 24.8 Å². The summed E-state index contributed by atoms with van der Waals surface area (Å²) in [6.45, 7) is 8.49. The largest absolute Gasteiger partial charge is 0.379 e. The minimum atomic E-state index is -0.346. The van der Waals surface area contributed by atoms with E-state index in [1.165, 1.54) is 0 Å². The van der Waals surface area contributed by atoms with Gasteiger partial charge in [-0.25, -0.2) is 0 Å². The van der Waals surface area contributed by atoms with E-state index in [2.05, 4.69) is 17.1 Å². The molecule has 5 nitrogen and oxygen atoms in total. The Morgan fingerprint density at radius 1 is 1.36 bits per heavy atom. The predicted molar refractivity (Wildman–Crippen MR) is 93.9 cm³/mol. The first kappa shape index (κ1) is 21.9. The summed E-state index contributed by atoms with van der Waals surface area (Å²) in [5.41, 5.74) is 5.95. The van der Waals surface area contributed by atoms with Crippen LogP contribution in [0.4, 0.5) is 0 Å². The Hall–Kier alpha value is -0.0700. The van der Waals surface area contributed by atoms with Crippen molar-refractivity contribution >= 4 is 30.7 Å². The van der Waals surface area contributed by atoms with Crippen molar-refractivity contribution in [2.75, 3.05) is 32.8 Å². The number of nitrogens with zero attached hydrogens (tertiary/aromatic N) is 1. The Kier molecular flexibility index (Phi) is 9.90. The maximum Gasteiger partial charge on any atom is 0.225 e. The zero-order valence-corrected chi connectivity index (χ0v) is 15.3. The van der Waals surface area contributed by atoms with E-state index in [-0.39, 0.29) is 48.2 Å². The fourth-order valence-electron chi connectivity index (χ4n) is 3.35. The highest BCUT2D eigenvalue weighted by Gasteiger charge is 2.38. The van der Waals surface area contributed by atoms with Crippen molar-refractivity contribution in [3.8, 4) is 0 Å². The molecule has 3 atom stereocenters. The lowest BCUT2D eigenvalue weighted by Gasteiger charge is -2.38. The van der Waals surface area contributed by atoms with E-state index in [0.717, 1.165) is 58.5 Å². The Morgan fingerprint density at radius 2 is 2.00 bits per heavy atom. The SMILES string of the molecule is CC(CN1CCOCC1)NC(=O)C1CCCCC1(C)N.Cl.Cl. The van der Waals surface area contributed by atoms with Gasteiger partial charge in [-0.2, -0.15) is 0 Å². The van der Waals surface area contributed by atoms with Crippen LogP contribution in [0.15, 0.2) is 0 Å². The standard InChI is InChI=1S/C15H29N3O2.2ClH/c1-12(11-18-7-9-20-10-8-18)17-14(19)13-5-3-4-6-15(13,2)16;;/h12-13H,3-11,16H2,1-2H3,(H,17,19);2*1H. The van der Waals surface area contributed by atoms with Crippen LogP contribution in [0.5, 0.6) is 0 Å². The first-order chi connectivity index (χ1) is 9.49. The molecule has 1 aliphatic carbocycles. The van der Waals surface area contributed by atoms with Gasteiger partial charge >= 0.3 is 0 Å². The molecule has 3 unspecified atom stereocenters. The molecule has 1 heterocycles. The first-order valence-electron chi connectivity index (χ1n) is 7.88. The van der Waals surface area contributed by atoms with Crippen LogP contribution in [0.3, 0.4) is 0 Å². The average Bonchev–Trinajstić information content (AvgIpc) is 2.38. The van der Waals surface area contributed by atoms with Crippen molar-refractivity contribution in [2.24, 2.45) is 11.7 Å². The van der Waals surface area contributed by atoms with Gasteiger partial charge in [-0.3, -0.25) is 9.69 Å². The van der Waals surface area contributed by atoms with Crippen LogP contribution in [-0.4, -0.2) is 55.2 Å². The van der Waals surface area contributed by atoms with Gasteiger partial charge in [-0.05, 0) is 26.7 Å². The lowest BCUT2D eigenvalue weighted by atomic mass is 9.74. The molecular formula is C15H31Cl2N3O2. The summed E-state index contributed by atoms with van der Waals surface area (Å²) in [6, 6.07) is 0.165. The number of nitrogens with one attached hydrogen (secondary N) is 1. The second-order valence-electron chi connectivity index (χ2n) is 6.63. The summed E-state index contributed by atoms with van der Waals surface area (Å²) in [7, 11) is 0. The molecule has 1 saturated carbocycles. The minimum Gasteiger partial charge on any atom is -0.379 e. The molecule has 1 amide bonds. The van der Waals surface area contributed by atoms with E-state index in [9.17, 15) is 4.79 Å². The summed E-state index contributed by atoms with van der Waals surface area (Å²) in [5, 5.41) is 3.15. The number of nitrogens with two attached hydrogens (primary N) is 1. The van der Waals surface area contributed by atoms with Crippen molar-refractivity contribution in [1.82, 2.24) is 10.2 Å². The smallest absolute Gasteiger partial charge is 0.225 e. The van der Waals surface area contributed by atoms with E-state index in [4.69, 9.17) is 10.5 Å². The normalized spacial score (nSPS) is 30.6. The molecule has 0 spiro atoms. The number of morpholine rings is 1. The van der Waals surface area contributed by atoms with E-state index in [1.54, 1.807) is 0 Å². The zero-order valence-electron chi connectivity index (χ0n) is 13.7. The molecule has 2 fully saturated rings. The third-order valence-corrected chi connectivity index (χ3v) is 4.60. The Morgan fingerprint density at radius 3 is 2.59 bits per heavy atom. The van der Waals surface area contributed by atoms with Gasteiger partial charge in [0, 0.05) is 31.2 Å². The van der Waals surface area contributed by atoms with Crippen LogP contribution in [0.2, 0.25) is 0 Å². The molecule has 132 valence electrons. The molecule has 22 heavy (non-hydrogen) atoms. The van der Waals surface area contributed by atoms with Crippen LogP contribution in [-0.2, 0) is 9.53 Å². The highest BCUT2D eigenvalue weighted by atomic mass is 35.5. The summed E-state index contributed by atoms with van der Waals surface area (Å²) < 4.78 is 5.34. The maximum atomic E-state index is 12.4. The van der Waals surface area contributed by atoms with E-state index < -0.39 is 0 Å². The fourth-order valence-corrected chi connectivity index (χ4v) is 3.35. The van der Waals surface area contributed by atoms with Crippen molar-refractivity contribution < 1.29 is 9.53 Å². The molecule has 1 saturated heterocycles. The van der Waals surface area contributed by atoms with Gasteiger partial charge in [0.25, 0.3) is 0 Å². The minimum absolute atomic E-state index is 0. The number of rotatable bonds is 4. The third kappa shape index (κ3) is 6.20. The van der Waals surface area contributed by atoms with E-state index in [0.29, 0.717) is 0 Å². The lowest BCUT2D eigenvalue weighted by molar-refractivity contribution is -0.128. The monoisotopic (exact) mass is 355 g/mol. The number of carbonyl (C=O) groups is 1. The molecule has 0 aromatic carbocycles. The highest BCUT2D eigenvalue weighted by molar-refractivity contribution is 5.85. The van der Waals surface area contributed by atoms with Crippen LogP contribution in [0.1, 0.15) is 39.5 Å². The van der Waals surface area contributed by atoms with E-state index >= 15 is 0 Å². The quantitative estimate of drug-likeness (QED) is 0.803. The summed E-state index contributed by atoms with van der Waals surface area (Å²) >= 11 is 0. The number of hydrogen-bond donors (Lipinski definition) is 2. The van der Waals surface area contributed by atoms with Crippen LogP contribution < -0.4 is 11.1 Å². The first-order valence-corrected chi connectivity index (χ1v) is 7.88. The summed E-state index contributed by atoms with van der Waals surface area (Å²) in [5.74, 6) is 0.0962. The molecule has 0 aromatic rings. The molecule has 2 rings (SSSR count). The summed E-state index contributed by atoms with van der Waals surface area (Å²) in [6.07, 6.45) is 4.12. The number of ether oxygens (including phenoxy) is 1. The van der Waals surface area contributed by atoms with Gasteiger partial charge in [-0.1, -0.05) is 12.8 Å².